The molecule has 2 aromatic rings. The molecule has 0 unspecified atom stereocenters. The van der Waals surface area contributed by atoms with Crippen molar-refractivity contribution in [2.45, 2.75) is 39.8 Å². The van der Waals surface area contributed by atoms with Crippen LogP contribution in [0, 0.1) is 6.92 Å². The molecule has 0 aliphatic carbocycles. The number of aryl methyl sites for hydroxylation is 1. The number of carbonyl (C=O) groups is 2. The molecular formula is C22H30N2O3S. The lowest BCUT2D eigenvalue weighted by Gasteiger charge is -2.28. The summed E-state index contributed by atoms with van der Waals surface area (Å²) in [6, 6.07) is 12.0. The third-order valence-corrected chi connectivity index (χ3v) is 5.64. The van der Waals surface area contributed by atoms with Gasteiger partial charge in [0.2, 0.25) is 11.8 Å². The number of amides is 2. The Kier molecular flexibility index (Phi) is 9.17. The van der Waals surface area contributed by atoms with E-state index in [4.69, 9.17) is 4.74 Å². The highest BCUT2D eigenvalue weighted by atomic mass is 32.1. The summed E-state index contributed by atoms with van der Waals surface area (Å²) in [4.78, 5) is 30.1. The second-order valence-corrected chi connectivity index (χ2v) is 7.78. The van der Waals surface area contributed by atoms with Crippen LogP contribution in [0.1, 0.15) is 35.8 Å². The van der Waals surface area contributed by atoms with Crippen molar-refractivity contribution >= 4 is 23.2 Å². The number of methoxy groups -OCH3 is 1. The molecule has 1 aromatic heterocycles. The number of hydrogen-bond acceptors (Lipinski definition) is 4. The highest BCUT2D eigenvalue weighted by Gasteiger charge is 2.21. The Morgan fingerprint density at radius 2 is 1.79 bits per heavy atom. The highest BCUT2D eigenvalue weighted by Crippen LogP contribution is 2.19. The van der Waals surface area contributed by atoms with Gasteiger partial charge >= 0.3 is 0 Å². The van der Waals surface area contributed by atoms with Crippen molar-refractivity contribution in [2.24, 2.45) is 0 Å². The van der Waals surface area contributed by atoms with Crippen molar-refractivity contribution in [1.29, 1.82) is 0 Å². The van der Waals surface area contributed by atoms with E-state index >= 15 is 0 Å². The first kappa shape index (κ1) is 22.1. The van der Waals surface area contributed by atoms with Crippen LogP contribution < -0.4 is 0 Å². The molecule has 1 aromatic carbocycles. The summed E-state index contributed by atoms with van der Waals surface area (Å²) >= 11 is 1.66. The number of carbonyl (C=O) groups excluding carboxylic acids is 2. The zero-order chi connectivity index (χ0) is 20.4. The van der Waals surface area contributed by atoms with Crippen LogP contribution in [0.5, 0.6) is 0 Å². The first-order valence-electron chi connectivity index (χ1n) is 9.66. The van der Waals surface area contributed by atoms with Crippen molar-refractivity contribution in [3.05, 3.63) is 57.8 Å². The number of benzene rings is 1. The van der Waals surface area contributed by atoms with Crippen LogP contribution in [0.4, 0.5) is 0 Å². The molecule has 152 valence electrons. The third kappa shape index (κ3) is 6.77. The van der Waals surface area contributed by atoms with Crippen LogP contribution in [0.15, 0.2) is 41.8 Å². The molecule has 28 heavy (non-hydrogen) atoms. The molecule has 0 atom stereocenters. The number of thiophene rings is 1. The SMILES string of the molecule is CCC(=O)N(CCCOC)CC(=O)N(Cc1ccccc1)Cc1sccc1C. The highest BCUT2D eigenvalue weighted by molar-refractivity contribution is 7.10. The Bertz CT molecular complexity index is 745. The van der Waals surface area contributed by atoms with Gasteiger partial charge in [0.25, 0.3) is 0 Å². The minimum absolute atomic E-state index is 0.00332. The van der Waals surface area contributed by atoms with E-state index in [0.717, 1.165) is 12.0 Å². The molecule has 5 nitrogen and oxygen atoms in total. The van der Waals surface area contributed by atoms with Crippen LogP contribution in [-0.2, 0) is 27.4 Å². The standard InChI is InChI=1S/C22H30N2O3S/c1-4-21(25)23(12-8-13-27-3)17-22(26)24(15-19-9-6-5-7-10-19)16-20-18(2)11-14-28-20/h5-7,9-11,14H,4,8,12-13,15-17H2,1-3H3. The number of hydrogen-bond donors (Lipinski definition) is 0. The first-order valence-corrected chi connectivity index (χ1v) is 10.5. The number of nitrogens with zero attached hydrogens (tertiary/aromatic N) is 2. The summed E-state index contributed by atoms with van der Waals surface area (Å²) in [6.45, 7) is 6.19. The van der Waals surface area contributed by atoms with Crippen molar-refractivity contribution in [3.8, 4) is 0 Å². The summed E-state index contributed by atoms with van der Waals surface area (Å²) in [5.74, 6) is -0.0349. The van der Waals surface area contributed by atoms with Gasteiger partial charge in [-0.05, 0) is 35.9 Å². The van der Waals surface area contributed by atoms with Gasteiger partial charge < -0.3 is 14.5 Å². The van der Waals surface area contributed by atoms with Gasteiger partial charge in [0.1, 0.15) is 0 Å². The number of rotatable bonds is 11. The van der Waals surface area contributed by atoms with Crippen LogP contribution in [0.2, 0.25) is 0 Å². The zero-order valence-corrected chi connectivity index (χ0v) is 17.8. The fraction of sp³-hybridized carbons (Fsp3) is 0.455. The Labute approximate surface area is 171 Å². The Morgan fingerprint density at radius 3 is 2.39 bits per heavy atom. The quantitative estimate of drug-likeness (QED) is 0.536. The second kappa shape index (κ2) is 11.6. The maximum atomic E-state index is 13.2. The second-order valence-electron chi connectivity index (χ2n) is 6.78. The summed E-state index contributed by atoms with van der Waals surface area (Å²) in [6.07, 6.45) is 1.11. The molecule has 0 aliphatic heterocycles. The summed E-state index contributed by atoms with van der Waals surface area (Å²) in [7, 11) is 1.64. The van der Waals surface area contributed by atoms with E-state index in [1.54, 1.807) is 23.3 Å². The van der Waals surface area contributed by atoms with E-state index in [2.05, 4.69) is 13.0 Å². The van der Waals surface area contributed by atoms with Crippen LogP contribution in [0.25, 0.3) is 0 Å². The molecule has 0 spiro atoms. The minimum atomic E-state index is -0.0316. The van der Waals surface area contributed by atoms with Crippen LogP contribution in [0.3, 0.4) is 0 Å². The molecule has 0 bridgehead atoms. The van der Waals surface area contributed by atoms with Crippen molar-refractivity contribution < 1.29 is 14.3 Å². The first-order chi connectivity index (χ1) is 13.5. The van der Waals surface area contributed by atoms with Gasteiger partial charge in [-0.2, -0.15) is 0 Å². The van der Waals surface area contributed by atoms with Gasteiger partial charge in [0.05, 0.1) is 13.1 Å². The average Bonchev–Trinajstić information content (AvgIpc) is 3.11. The monoisotopic (exact) mass is 402 g/mol. The number of ether oxygens (including phenoxy) is 1. The van der Waals surface area contributed by atoms with E-state index in [0.29, 0.717) is 32.7 Å². The molecule has 1 heterocycles. The Morgan fingerprint density at radius 1 is 1.04 bits per heavy atom. The van der Waals surface area contributed by atoms with E-state index in [9.17, 15) is 9.59 Å². The summed E-state index contributed by atoms with van der Waals surface area (Å²) < 4.78 is 5.09. The maximum absolute atomic E-state index is 13.2. The molecule has 0 saturated heterocycles. The van der Waals surface area contributed by atoms with Crippen LogP contribution in [-0.4, -0.2) is 48.4 Å². The largest absolute Gasteiger partial charge is 0.385 e. The van der Waals surface area contributed by atoms with Crippen LogP contribution >= 0.6 is 11.3 Å². The molecule has 2 rings (SSSR count). The molecule has 0 saturated carbocycles. The fourth-order valence-electron chi connectivity index (χ4n) is 2.95. The fourth-order valence-corrected chi connectivity index (χ4v) is 3.87. The normalized spacial score (nSPS) is 10.7. The smallest absolute Gasteiger partial charge is 0.242 e. The molecule has 2 amide bonds. The lowest BCUT2D eigenvalue weighted by molar-refractivity contribution is -0.141. The summed E-state index contributed by atoms with van der Waals surface area (Å²) in [5.41, 5.74) is 2.27. The lowest BCUT2D eigenvalue weighted by Crippen LogP contribution is -2.42. The van der Waals surface area contributed by atoms with E-state index < -0.39 is 0 Å². The van der Waals surface area contributed by atoms with Gasteiger partial charge in [-0.1, -0.05) is 37.3 Å². The molecule has 0 radical (unpaired) electrons. The predicted octanol–water partition coefficient (Wildman–Crippen LogP) is 3.86. The van der Waals surface area contributed by atoms with Gasteiger partial charge in [0.15, 0.2) is 0 Å². The molecule has 0 aliphatic rings. The van der Waals surface area contributed by atoms with Gasteiger partial charge in [-0.3, -0.25) is 9.59 Å². The average molecular weight is 403 g/mol. The van der Waals surface area contributed by atoms with E-state index in [1.165, 1.54) is 10.4 Å². The van der Waals surface area contributed by atoms with E-state index in [1.807, 2.05) is 47.5 Å². The Balaban J connectivity index is 2.13. The third-order valence-electron chi connectivity index (χ3n) is 4.63. The van der Waals surface area contributed by atoms with E-state index in [-0.39, 0.29) is 18.4 Å². The molecular weight excluding hydrogens is 372 g/mol. The van der Waals surface area contributed by atoms with Gasteiger partial charge in [-0.25, -0.2) is 0 Å². The van der Waals surface area contributed by atoms with Crippen molar-refractivity contribution in [3.63, 3.8) is 0 Å². The van der Waals surface area contributed by atoms with Crippen molar-refractivity contribution in [2.75, 3.05) is 26.8 Å². The van der Waals surface area contributed by atoms with Gasteiger partial charge in [0, 0.05) is 38.1 Å². The predicted molar refractivity (Wildman–Crippen MR) is 113 cm³/mol. The van der Waals surface area contributed by atoms with Gasteiger partial charge in [-0.15, -0.1) is 11.3 Å². The molecule has 6 heteroatoms. The van der Waals surface area contributed by atoms with Crippen molar-refractivity contribution in [1.82, 2.24) is 9.80 Å². The topological polar surface area (TPSA) is 49.9 Å². The Hall–Kier alpha value is -2.18. The maximum Gasteiger partial charge on any atom is 0.242 e. The minimum Gasteiger partial charge on any atom is -0.385 e. The zero-order valence-electron chi connectivity index (χ0n) is 17.0. The molecule has 0 fully saturated rings. The lowest BCUT2D eigenvalue weighted by atomic mass is 10.2. The summed E-state index contributed by atoms with van der Waals surface area (Å²) in [5, 5.41) is 2.05. The molecule has 0 N–H and O–H groups in total.